The first-order chi connectivity index (χ1) is 12.2. The van der Waals surface area contributed by atoms with Gasteiger partial charge >= 0.3 is 6.03 Å². The average molecular weight is 348 g/mol. The molecule has 2 aliphatic heterocycles. The van der Waals surface area contributed by atoms with Gasteiger partial charge in [0.2, 0.25) is 0 Å². The first kappa shape index (κ1) is 18.1. The van der Waals surface area contributed by atoms with E-state index in [1.165, 1.54) is 0 Å². The van der Waals surface area contributed by atoms with Crippen LogP contribution < -0.4 is 10.6 Å². The van der Waals surface area contributed by atoms with Crippen molar-refractivity contribution in [1.82, 2.24) is 20.5 Å². The lowest BCUT2D eigenvalue weighted by Gasteiger charge is -2.37. The summed E-state index contributed by atoms with van der Waals surface area (Å²) in [5.74, 6) is 0.464. The van der Waals surface area contributed by atoms with Crippen molar-refractivity contribution in [3.8, 4) is 0 Å². The van der Waals surface area contributed by atoms with Crippen molar-refractivity contribution in [2.45, 2.75) is 25.4 Å². The molecule has 2 N–H and O–H groups in total. The monoisotopic (exact) mass is 348 g/mol. The van der Waals surface area contributed by atoms with Gasteiger partial charge < -0.3 is 20.1 Å². The van der Waals surface area contributed by atoms with Crippen LogP contribution in [0.15, 0.2) is 24.4 Å². The van der Waals surface area contributed by atoms with Gasteiger partial charge in [0, 0.05) is 44.4 Å². The second-order valence-electron chi connectivity index (χ2n) is 6.67. The molecule has 1 aromatic heterocycles. The topological polar surface area (TPSA) is 75.7 Å². The SMILES string of the molecule is C[C@H](NC(=O)NC[C@H]([C@H]1CCOC1)N1CCOCC1)c1ccccn1. The number of ether oxygens (including phenoxy) is 2. The first-order valence-electron chi connectivity index (χ1n) is 9.09. The van der Waals surface area contributed by atoms with Crippen molar-refractivity contribution >= 4 is 6.03 Å². The highest BCUT2D eigenvalue weighted by Crippen LogP contribution is 2.21. The van der Waals surface area contributed by atoms with Crippen LogP contribution in [0.4, 0.5) is 4.79 Å². The summed E-state index contributed by atoms with van der Waals surface area (Å²) >= 11 is 0. The summed E-state index contributed by atoms with van der Waals surface area (Å²) in [6, 6.07) is 5.72. The summed E-state index contributed by atoms with van der Waals surface area (Å²) < 4.78 is 11.0. The van der Waals surface area contributed by atoms with E-state index in [0.29, 0.717) is 18.5 Å². The second kappa shape index (κ2) is 9.12. The van der Waals surface area contributed by atoms with Crippen LogP contribution in [0, 0.1) is 5.92 Å². The molecule has 0 radical (unpaired) electrons. The van der Waals surface area contributed by atoms with Gasteiger partial charge in [0.25, 0.3) is 0 Å². The first-order valence-corrected chi connectivity index (χ1v) is 9.09. The van der Waals surface area contributed by atoms with Gasteiger partial charge in [-0.05, 0) is 25.5 Å². The molecule has 0 aliphatic carbocycles. The number of hydrogen-bond donors (Lipinski definition) is 2. The Morgan fingerprint density at radius 3 is 2.84 bits per heavy atom. The van der Waals surface area contributed by atoms with Crippen LogP contribution in [0.2, 0.25) is 0 Å². The van der Waals surface area contributed by atoms with Gasteiger partial charge in [-0.15, -0.1) is 0 Å². The molecule has 0 saturated carbocycles. The van der Waals surface area contributed by atoms with Gasteiger partial charge in [-0.1, -0.05) is 6.07 Å². The van der Waals surface area contributed by atoms with E-state index < -0.39 is 0 Å². The molecule has 0 unspecified atom stereocenters. The van der Waals surface area contributed by atoms with Crippen molar-refractivity contribution in [1.29, 1.82) is 0 Å². The Bertz CT molecular complexity index is 530. The van der Waals surface area contributed by atoms with Gasteiger partial charge in [0.15, 0.2) is 0 Å². The third-order valence-electron chi connectivity index (χ3n) is 4.97. The molecule has 0 aromatic carbocycles. The number of pyridine rings is 1. The summed E-state index contributed by atoms with van der Waals surface area (Å²) in [7, 11) is 0. The minimum Gasteiger partial charge on any atom is -0.381 e. The summed E-state index contributed by atoms with van der Waals surface area (Å²) in [5.41, 5.74) is 0.853. The summed E-state index contributed by atoms with van der Waals surface area (Å²) in [5, 5.41) is 6.00. The molecule has 7 heteroatoms. The van der Waals surface area contributed by atoms with Crippen LogP contribution in [-0.2, 0) is 9.47 Å². The Morgan fingerprint density at radius 2 is 2.16 bits per heavy atom. The Labute approximate surface area is 149 Å². The van der Waals surface area contributed by atoms with Gasteiger partial charge in [-0.3, -0.25) is 9.88 Å². The Kier molecular flexibility index (Phi) is 6.61. The van der Waals surface area contributed by atoms with Crippen molar-refractivity contribution < 1.29 is 14.3 Å². The van der Waals surface area contributed by atoms with Crippen molar-refractivity contribution in [3.05, 3.63) is 30.1 Å². The molecule has 0 spiro atoms. The molecule has 2 amide bonds. The summed E-state index contributed by atoms with van der Waals surface area (Å²) in [6.45, 7) is 7.48. The van der Waals surface area contributed by atoms with E-state index in [-0.39, 0.29) is 12.1 Å². The number of rotatable bonds is 6. The van der Waals surface area contributed by atoms with Gasteiger partial charge in [0.05, 0.1) is 31.6 Å². The fourth-order valence-corrected chi connectivity index (χ4v) is 3.51. The third kappa shape index (κ3) is 5.14. The normalized spacial score (nSPS) is 23.8. The molecule has 138 valence electrons. The number of nitrogens with zero attached hydrogens (tertiary/aromatic N) is 2. The molecule has 25 heavy (non-hydrogen) atoms. The molecule has 0 bridgehead atoms. The van der Waals surface area contributed by atoms with Crippen molar-refractivity contribution in [3.63, 3.8) is 0 Å². The highest BCUT2D eigenvalue weighted by Gasteiger charge is 2.31. The highest BCUT2D eigenvalue weighted by atomic mass is 16.5. The number of urea groups is 1. The molecule has 2 fully saturated rings. The predicted octanol–water partition coefficient (Wildman–Crippen LogP) is 1.18. The van der Waals surface area contributed by atoms with Crippen LogP contribution in [0.25, 0.3) is 0 Å². The zero-order valence-electron chi connectivity index (χ0n) is 14.8. The molecule has 3 heterocycles. The molecule has 2 saturated heterocycles. The maximum Gasteiger partial charge on any atom is 0.315 e. The number of hydrogen-bond acceptors (Lipinski definition) is 5. The van der Waals surface area contributed by atoms with Crippen LogP contribution in [-0.4, -0.2) is 68.0 Å². The fourth-order valence-electron chi connectivity index (χ4n) is 3.51. The highest BCUT2D eigenvalue weighted by molar-refractivity contribution is 5.74. The minimum absolute atomic E-state index is 0.127. The smallest absolute Gasteiger partial charge is 0.315 e. The number of carbonyl (C=O) groups is 1. The molecule has 2 aliphatic rings. The average Bonchev–Trinajstić information content (AvgIpc) is 3.18. The van der Waals surface area contributed by atoms with Gasteiger partial charge in [0.1, 0.15) is 0 Å². The lowest BCUT2D eigenvalue weighted by Crippen LogP contribution is -2.53. The molecule has 3 atom stereocenters. The summed E-state index contributed by atoms with van der Waals surface area (Å²) in [6.07, 6.45) is 2.79. The zero-order chi connectivity index (χ0) is 17.5. The molecule has 1 aromatic rings. The standard InChI is InChI=1S/C18H28N4O3/c1-14(16-4-2-3-6-19-16)21-18(23)20-12-17(15-5-9-25-13-15)22-7-10-24-11-8-22/h2-4,6,14-15,17H,5,7-13H2,1H3,(H2,20,21,23)/t14-,15-,17+/m0/s1. The number of morpholine rings is 1. The minimum atomic E-state index is -0.157. The number of aromatic nitrogens is 1. The van der Waals surface area contributed by atoms with E-state index in [9.17, 15) is 4.79 Å². The van der Waals surface area contributed by atoms with Crippen molar-refractivity contribution in [2.24, 2.45) is 5.92 Å². The van der Waals surface area contributed by atoms with Crippen LogP contribution >= 0.6 is 0 Å². The molecule has 7 nitrogen and oxygen atoms in total. The lowest BCUT2D eigenvalue weighted by molar-refractivity contribution is 0.00211. The fraction of sp³-hybridized carbons (Fsp3) is 0.667. The maximum atomic E-state index is 12.3. The van der Waals surface area contributed by atoms with E-state index in [2.05, 4.69) is 20.5 Å². The molecule has 3 rings (SSSR count). The van der Waals surface area contributed by atoms with E-state index in [4.69, 9.17) is 9.47 Å². The van der Waals surface area contributed by atoms with Gasteiger partial charge in [-0.2, -0.15) is 0 Å². The summed E-state index contributed by atoms with van der Waals surface area (Å²) in [4.78, 5) is 19.0. The Hall–Kier alpha value is -1.70. The van der Waals surface area contributed by atoms with E-state index in [1.54, 1.807) is 6.20 Å². The van der Waals surface area contributed by atoms with E-state index in [0.717, 1.165) is 51.6 Å². The van der Waals surface area contributed by atoms with Gasteiger partial charge in [-0.25, -0.2) is 4.79 Å². The lowest BCUT2D eigenvalue weighted by atomic mass is 9.97. The quantitative estimate of drug-likeness (QED) is 0.807. The molecular formula is C18H28N4O3. The Morgan fingerprint density at radius 1 is 1.32 bits per heavy atom. The number of amides is 2. The third-order valence-corrected chi connectivity index (χ3v) is 4.97. The van der Waals surface area contributed by atoms with Crippen LogP contribution in [0.5, 0.6) is 0 Å². The number of nitrogens with one attached hydrogen (secondary N) is 2. The maximum absolute atomic E-state index is 12.3. The van der Waals surface area contributed by atoms with E-state index >= 15 is 0 Å². The Balaban J connectivity index is 1.52. The zero-order valence-corrected chi connectivity index (χ0v) is 14.8. The predicted molar refractivity (Wildman–Crippen MR) is 94.3 cm³/mol. The van der Waals surface area contributed by atoms with E-state index in [1.807, 2.05) is 25.1 Å². The van der Waals surface area contributed by atoms with Crippen LogP contribution in [0.1, 0.15) is 25.1 Å². The molecular weight excluding hydrogens is 320 g/mol. The number of carbonyl (C=O) groups excluding carboxylic acids is 1. The van der Waals surface area contributed by atoms with Crippen LogP contribution in [0.3, 0.4) is 0 Å². The largest absolute Gasteiger partial charge is 0.381 e. The van der Waals surface area contributed by atoms with Crippen molar-refractivity contribution in [2.75, 3.05) is 46.1 Å². The second-order valence-corrected chi connectivity index (χ2v) is 6.67.